The van der Waals surface area contributed by atoms with Crippen molar-refractivity contribution in [2.45, 2.75) is 30.7 Å². The predicted molar refractivity (Wildman–Crippen MR) is 85.8 cm³/mol. The third-order valence-corrected chi connectivity index (χ3v) is 6.40. The van der Waals surface area contributed by atoms with E-state index in [4.69, 9.17) is 5.73 Å². The number of benzene rings is 1. The second kappa shape index (κ2) is 5.44. The van der Waals surface area contributed by atoms with E-state index in [9.17, 15) is 8.42 Å². The number of rotatable bonds is 3. The average molecular weight is 322 g/mol. The van der Waals surface area contributed by atoms with Crippen molar-refractivity contribution in [2.75, 3.05) is 12.3 Å². The maximum Gasteiger partial charge on any atom is 0.243 e. The number of thiophene rings is 1. The predicted octanol–water partition coefficient (Wildman–Crippen LogP) is 3.16. The molecule has 4 nitrogen and oxygen atoms in total. The molecule has 112 valence electrons. The molecule has 3 rings (SSSR count). The van der Waals surface area contributed by atoms with Crippen LogP contribution in [-0.2, 0) is 10.0 Å². The summed E-state index contributed by atoms with van der Waals surface area (Å²) in [6, 6.07) is 6.97. The van der Waals surface area contributed by atoms with Crippen LogP contribution in [0.1, 0.15) is 30.0 Å². The van der Waals surface area contributed by atoms with E-state index in [0.717, 1.165) is 24.0 Å². The summed E-state index contributed by atoms with van der Waals surface area (Å²) in [4.78, 5) is 0.294. The molecule has 0 aliphatic carbocycles. The van der Waals surface area contributed by atoms with Gasteiger partial charge in [0, 0.05) is 12.2 Å². The molecule has 2 N–H and O–H groups in total. The zero-order valence-electron chi connectivity index (χ0n) is 11.8. The van der Waals surface area contributed by atoms with Crippen molar-refractivity contribution in [3.8, 4) is 0 Å². The maximum absolute atomic E-state index is 12.9. The van der Waals surface area contributed by atoms with Crippen molar-refractivity contribution < 1.29 is 8.42 Å². The Balaban J connectivity index is 2.01. The molecular weight excluding hydrogens is 304 g/mol. The quantitative estimate of drug-likeness (QED) is 0.883. The Bertz CT molecular complexity index is 719. The molecule has 1 aromatic carbocycles. The van der Waals surface area contributed by atoms with Gasteiger partial charge in [-0.05, 0) is 65.9 Å². The molecule has 1 aromatic heterocycles. The minimum Gasteiger partial charge on any atom is -0.399 e. The van der Waals surface area contributed by atoms with Crippen LogP contribution in [0.4, 0.5) is 5.69 Å². The molecule has 1 aliphatic heterocycles. The Kier molecular flexibility index (Phi) is 3.77. The van der Waals surface area contributed by atoms with Crippen LogP contribution in [0.5, 0.6) is 0 Å². The molecule has 2 aromatic rings. The summed E-state index contributed by atoms with van der Waals surface area (Å²) in [5.41, 5.74) is 8.23. The third kappa shape index (κ3) is 2.71. The first kappa shape index (κ1) is 14.6. The normalized spacial score (nSPS) is 20.0. The molecule has 21 heavy (non-hydrogen) atoms. The summed E-state index contributed by atoms with van der Waals surface area (Å²) in [6.07, 6.45) is 1.76. The van der Waals surface area contributed by atoms with E-state index in [1.807, 2.05) is 23.8 Å². The molecule has 1 saturated heterocycles. The van der Waals surface area contributed by atoms with Crippen LogP contribution in [-0.4, -0.2) is 19.3 Å². The number of hydrogen-bond donors (Lipinski definition) is 1. The SMILES string of the molecule is Cc1cc(N)cc(S(=O)(=O)N2CCCC2c2ccsc2)c1. The number of aryl methyl sites for hydroxylation is 1. The molecule has 0 radical (unpaired) electrons. The number of nitrogens with two attached hydrogens (primary N) is 1. The van der Waals surface area contributed by atoms with Crippen LogP contribution in [0.2, 0.25) is 0 Å². The average Bonchev–Trinajstić information content (AvgIpc) is 3.08. The van der Waals surface area contributed by atoms with Crippen molar-refractivity contribution in [3.63, 3.8) is 0 Å². The van der Waals surface area contributed by atoms with Gasteiger partial charge in [-0.2, -0.15) is 15.6 Å². The molecule has 2 heterocycles. The summed E-state index contributed by atoms with van der Waals surface area (Å²) in [7, 11) is -3.50. The van der Waals surface area contributed by atoms with E-state index in [-0.39, 0.29) is 6.04 Å². The Morgan fingerprint density at radius 1 is 1.33 bits per heavy atom. The highest BCUT2D eigenvalue weighted by Crippen LogP contribution is 2.37. The van der Waals surface area contributed by atoms with Gasteiger partial charge < -0.3 is 5.73 Å². The number of anilines is 1. The standard InChI is InChI=1S/C15H18N2O2S2/c1-11-7-13(16)9-14(8-11)21(18,19)17-5-2-3-15(17)12-4-6-20-10-12/h4,6-10,15H,2-3,5,16H2,1H3. The number of hydrogen-bond acceptors (Lipinski definition) is 4. The molecule has 0 bridgehead atoms. The first-order valence-electron chi connectivity index (χ1n) is 6.89. The van der Waals surface area contributed by atoms with Gasteiger partial charge in [0.25, 0.3) is 0 Å². The van der Waals surface area contributed by atoms with E-state index < -0.39 is 10.0 Å². The van der Waals surface area contributed by atoms with Gasteiger partial charge >= 0.3 is 0 Å². The number of nitrogen functional groups attached to an aromatic ring is 1. The van der Waals surface area contributed by atoms with Crippen molar-refractivity contribution in [2.24, 2.45) is 0 Å². The van der Waals surface area contributed by atoms with Crippen LogP contribution in [0.25, 0.3) is 0 Å². The third-order valence-electron chi connectivity index (χ3n) is 3.81. The molecule has 1 unspecified atom stereocenters. The van der Waals surface area contributed by atoms with Gasteiger partial charge in [0.05, 0.1) is 10.9 Å². The lowest BCUT2D eigenvalue weighted by Crippen LogP contribution is -2.30. The van der Waals surface area contributed by atoms with Gasteiger partial charge in [0.15, 0.2) is 0 Å². The van der Waals surface area contributed by atoms with Crippen LogP contribution in [0, 0.1) is 6.92 Å². The van der Waals surface area contributed by atoms with Crippen LogP contribution >= 0.6 is 11.3 Å². The monoisotopic (exact) mass is 322 g/mol. The fourth-order valence-electron chi connectivity index (χ4n) is 2.89. The molecule has 1 fully saturated rings. The highest BCUT2D eigenvalue weighted by Gasteiger charge is 2.36. The maximum atomic E-state index is 12.9. The second-order valence-corrected chi connectivity index (χ2v) is 8.08. The molecule has 0 amide bonds. The Labute approximate surface area is 129 Å². The molecular formula is C15H18N2O2S2. The molecule has 0 spiro atoms. The summed E-state index contributed by atoms with van der Waals surface area (Å²) >= 11 is 1.60. The first-order chi connectivity index (χ1) is 9.98. The fraction of sp³-hybridized carbons (Fsp3) is 0.333. The Morgan fingerprint density at radius 2 is 2.14 bits per heavy atom. The molecule has 1 atom stereocenters. The minimum absolute atomic E-state index is 0.0528. The van der Waals surface area contributed by atoms with Gasteiger partial charge in [-0.1, -0.05) is 0 Å². The van der Waals surface area contributed by atoms with Crippen molar-refractivity contribution in [1.29, 1.82) is 0 Å². The molecule has 0 saturated carbocycles. The van der Waals surface area contributed by atoms with E-state index in [2.05, 4.69) is 0 Å². The van der Waals surface area contributed by atoms with Crippen molar-refractivity contribution in [3.05, 3.63) is 46.2 Å². The molecule has 6 heteroatoms. The Morgan fingerprint density at radius 3 is 2.81 bits per heavy atom. The zero-order valence-corrected chi connectivity index (χ0v) is 13.5. The van der Waals surface area contributed by atoms with Crippen LogP contribution < -0.4 is 5.73 Å². The minimum atomic E-state index is -3.50. The van der Waals surface area contributed by atoms with Gasteiger partial charge in [-0.15, -0.1) is 0 Å². The number of nitrogens with zero attached hydrogens (tertiary/aromatic N) is 1. The van der Waals surface area contributed by atoms with Gasteiger partial charge in [-0.25, -0.2) is 8.42 Å². The summed E-state index contributed by atoms with van der Waals surface area (Å²) in [5, 5.41) is 4.02. The highest BCUT2D eigenvalue weighted by molar-refractivity contribution is 7.89. The lowest BCUT2D eigenvalue weighted by Gasteiger charge is -2.24. The second-order valence-electron chi connectivity index (χ2n) is 5.41. The molecule has 1 aliphatic rings. The van der Waals surface area contributed by atoms with E-state index in [1.54, 1.807) is 33.8 Å². The van der Waals surface area contributed by atoms with Gasteiger partial charge in [0.1, 0.15) is 0 Å². The fourth-order valence-corrected chi connectivity index (χ4v) is 5.42. The topological polar surface area (TPSA) is 63.4 Å². The van der Waals surface area contributed by atoms with Crippen molar-refractivity contribution in [1.82, 2.24) is 4.31 Å². The highest BCUT2D eigenvalue weighted by atomic mass is 32.2. The first-order valence-corrected chi connectivity index (χ1v) is 9.28. The number of sulfonamides is 1. The van der Waals surface area contributed by atoms with E-state index in [1.165, 1.54) is 0 Å². The van der Waals surface area contributed by atoms with Crippen LogP contribution in [0.15, 0.2) is 39.9 Å². The summed E-state index contributed by atoms with van der Waals surface area (Å²) in [5.74, 6) is 0. The lowest BCUT2D eigenvalue weighted by molar-refractivity contribution is 0.397. The summed E-state index contributed by atoms with van der Waals surface area (Å²) in [6.45, 7) is 2.42. The smallest absolute Gasteiger partial charge is 0.243 e. The lowest BCUT2D eigenvalue weighted by atomic mass is 10.1. The largest absolute Gasteiger partial charge is 0.399 e. The van der Waals surface area contributed by atoms with Gasteiger partial charge in [0.2, 0.25) is 10.0 Å². The zero-order chi connectivity index (χ0) is 15.0. The van der Waals surface area contributed by atoms with Gasteiger partial charge in [-0.3, -0.25) is 0 Å². The van der Waals surface area contributed by atoms with E-state index in [0.29, 0.717) is 17.1 Å². The van der Waals surface area contributed by atoms with E-state index >= 15 is 0 Å². The summed E-state index contributed by atoms with van der Waals surface area (Å²) < 4.78 is 27.5. The van der Waals surface area contributed by atoms with Crippen molar-refractivity contribution >= 4 is 27.0 Å². The van der Waals surface area contributed by atoms with Crippen LogP contribution in [0.3, 0.4) is 0 Å². The Hall–Kier alpha value is -1.37.